The highest BCUT2D eigenvalue weighted by Gasteiger charge is 2.34. The monoisotopic (exact) mass is 312 g/mol. The summed E-state index contributed by atoms with van der Waals surface area (Å²) >= 11 is 0. The first-order valence-corrected chi connectivity index (χ1v) is 6.17. The Labute approximate surface area is 121 Å². The van der Waals surface area contributed by atoms with Crippen molar-refractivity contribution in [3.05, 3.63) is 35.1 Å². The van der Waals surface area contributed by atoms with E-state index in [1.165, 1.54) is 6.07 Å². The molecule has 20 heavy (non-hydrogen) atoms. The molecule has 114 valence electrons. The van der Waals surface area contributed by atoms with E-state index >= 15 is 0 Å². The fourth-order valence-corrected chi connectivity index (χ4v) is 2.30. The van der Waals surface area contributed by atoms with Crippen molar-refractivity contribution < 1.29 is 17.6 Å². The molecule has 1 aromatic rings. The summed E-state index contributed by atoms with van der Waals surface area (Å²) in [7, 11) is 0. The summed E-state index contributed by atoms with van der Waals surface area (Å²) in [5, 5.41) is 3.26. The van der Waals surface area contributed by atoms with Crippen LogP contribution >= 0.6 is 12.4 Å². The van der Waals surface area contributed by atoms with E-state index in [4.69, 9.17) is 0 Å². The summed E-state index contributed by atoms with van der Waals surface area (Å²) in [5.74, 6) is -1.22. The lowest BCUT2D eigenvalue weighted by Crippen LogP contribution is -2.48. The molecule has 1 saturated heterocycles. The van der Waals surface area contributed by atoms with E-state index in [1.54, 1.807) is 0 Å². The summed E-state index contributed by atoms with van der Waals surface area (Å²) in [6.45, 7) is 4.81. The highest BCUT2D eigenvalue weighted by molar-refractivity contribution is 5.85. The fourth-order valence-electron chi connectivity index (χ4n) is 2.30. The predicted molar refractivity (Wildman–Crippen MR) is 71.4 cm³/mol. The van der Waals surface area contributed by atoms with Gasteiger partial charge in [-0.15, -0.1) is 12.4 Å². The lowest BCUT2D eigenvalue weighted by Gasteiger charge is -2.31. The maximum Gasteiger partial charge on any atom is 0.419 e. The third-order valence-corrected chi connectivity index (χ3v) is 3.20. The Hall–Kier alpha value is -0.850. The Morgan fingerprint density at radius 1 is 1.35 bits per heavy atom. The van der Waals surface area contributed by atoms with Crippen molar-refractivity contribution in [3.8, 4) is 0 Å². The zero-order valence-electron chi connectivity index (χ0n) is 11.0. The topological polar surface area (TPSA) is 15.3 Å². The maximum absolute atomic E-state index is 13.2. The van der Waals surface area contributed by atoms with Crippen molar-refractivity contribution >= 4 is 12.4 Å². The van der Waals surface area contributed by atoms with Crippen LogP contribution in [0.25, 0.3) is 0 Å². The highest BCUT2D eigenvalue weighted by atomic mass is 35.5. The summed E-state index contributed by atoms with van der Waals surface area (Å²) in [6, 6.07) is 3.53. The Morgan fingerprint density at radius 3 is 2.65 bits per heavy atom. The molecule has 1 aliphatic heterocycles. The van der Waals surface area contributed by atoms with E-state index in [-0.39, 0.29) is 12.4 Å². The van der Waals surface area contributed by atoms with Crippen molar-refractivity contribution in [2.24, 2.45) is 0 Å². The van der Waals surface area contributed by atoms with E-state index in [2.05, 4.69) is 10.2 Å². The van der Waals surface area contributed by atoms with Crippen molar-refractivity contribution in [2.75, 3.05) is 19.6 Å². The molecular formula is C13H17ClF4N2. The number of benzene rings is 1. The van der Waals surface area contributed by atoms with E-state index < -0.39 is 17.6 Å². The van der Waals surface area contributed by atoms with Gasteiger partial charge in [0.15, 0.2) is 0 Å². The van der Waals surface area contributed by atoms with Crippen LogP contribution in [-0.2, 0) is 12.7 Å². The normalized spacial score (nSPS) is 20.6. The number of nitrogens with one attached hydrogen (secondary N) is 1. The average Bonchev–Trinajstić information content (AvgIpc) is 2.30. The SMILES string of the molecule is C[C@H]1CN(Cc2ccc(F)c(C(F)(F)F)c2)CCN1.Cl. The van der Waals surface area contributed by atoms with E-state index in [9.17, 15) is 17.6 Å². The van der Waals surface area contributed by atoms with Gasteiger partial charge in [-0.3, -0.25) is 4.90 Å². The number of hydrogen-bond acceptors (Lipinski definition) is 2. The molecule has 1 aliphatic rings. The Balaban J connectivity index is 0.00000200. The highest BCUT2D eigenvalue weighted by Crippen LogP contribution is 2.32. The van der Waals surface area contributed by atoms with Crippen molar-refractivity contribution in [1.29, 1.82) is 0 Å². The minimum atomic E-state index is -4.64. The van der Waals surface area contributed by atoms with Gasteiger partial charge in [0.05, 0.1) is 5.56 Å². The number of piperazine rings is 1. The molecule has 1 N–H and O–H groups in total. The quantitative estimate of drug-likeness (QED) is 0.844. The van der Waals surface area contributed by atoms with E-state index in [0.717, 1.165) is 31.8 Å². The van der Waals surface area contributed by atoms with Gasteiger partial charge in [-0.05, 0) is 24.6 Å². The first kappa shape index (κ1) is 17.2. The van der Waals surface area contributed by atoms with Gasteiger partial charge in [-0.25, -0.2) is 4.39 Å². The summed E-state index contributed by atoms with van der Waals surface area (Å²) in [5.41, 5.74) is -0.698. The summed E-state index contributed by atoms with van der Waals surface area (Å²) < 4.78 is 51.0. The van der Waals surface area contributed by atoms with Crippen molar-refractivity contribution in [1.82, 2.24) is 10.2 Å². The molecular weight excluding hydrogens is 296 g/mol. The average molecular weight is 313 g/mol. The second-order valence-electron chi connectivity index (χ2n) is 4.90. The molecule has 7 heteroatoms. The van der Waals surface area contributed by atoms with Gasteiger partial charge in [0.1, 0.15) is 5.82 Å². The van der Waals surface area contributed by atoms with Crippen LogP contribution in [0.15, 0.2) is 18.2 Å². The number of hydrogen-bond donors (Lipinski definition) is 1. The maximum atomic E-state index is 13.2. The van der Waals surface area contributed by atoms with Crippen LogP contribution in [0, 0.1) is 5.82 Å². The lowest BCUT2D eigenvalue weighted by molar-refractivity contribution is -0.140. The van der Waals surface area contributed by atoms with Crippen LogP contribution in [0.3, 0.4) is 0 Å². The Morgan fingerprint density at radius 2 is 2.05 bits per heavy atom. The van der Waals surface area contributed by atoms with Gasteiger partial charge in [0.2, 0.25) is 0 Å². The Kier molecular flexibility index (Phi) is 5.79. The largest absolute Gasteiger partial charge is 0.419 e. The zero-order valence-corrected chi connectivity index (χ0v) is 11.8. The number of halogens is 5. The molecule has 0 amide bonds. The molecule has 0 radical (unpaired) electrons. The van der Waals surface area contributed by atoms with Gasteiger partial charge in [0, 0.05) is 32.2 Å². The standard InChI is InChI=1S/C13H16F4N2.ClH/c1-9-7-19(5-4-18-9)8-10-2-3-12(14)11(6-10)13(15,16)17;/h2-3,6,9,18H,4-5,7-8H2,1H3;1H/t9-;/m0./s1. The van der Waals surface area contributed by atoms with Crippen LogP contribution in [-0.4, -0.2) is 30.6 Å². The Bertz CT molecular complexity index is 450. The molecule has 0 saturated carbocycles. The van der Waals surface area contributed by atoms with Gasteiger partial charge in [-0.1, -0.05) is 6.07 Å². The molecule has 0 aliphatic carbocycles. The molecule has 1 fully saturated rings. The third kappa shape index (κ3) is 4.33. The molecule has 2 nitrogen and oxygen atoms in total. The second kappa shape index (κ2) is 6.74. The van der Waals surface area contributed by atoms with Crippen LogP contribution in [0.4, 0.5) is 17.6 Å². The van der Waals surface area contributed by atoms with Crippen molar-refractivity contribution in [2.45, 2.75) is 25.7 Å². The molecule has 1 atom stereocenters. The minimum Gasteiger partial charge on any atom is -0.312 e. The van der Waals surface area contributed by atoms with Crippen LogP contribution < -0.4 is 5.32 Å². The molecule has 0 unspecified atom stereocenters. The van der Waals surface area contributed by atoms with Gasteiger partial charge in [0.25, 0.3) is 0 Å². The molecule has 0 spiro atoms. The molecule has 0 bridgehead atoms. The number of alkyl halides is 3. The van der Waals surface area contributed by atoms with Gasteiger partial charge < -0.3 is 5.32 Å². The number of rotatable bonds is 2. The molecule has 1 aromatic carbocycles. The zero-order chi connectivity index (χ0) is 14.0. The van der Waals surface area contributed by atoms with E-state index in [0.29, 0.717) is 18.2 Å². The second-order valence-corrected chi connectivity index (χ2v) is 4.90. The van der Waals surface area contributed by atoms with E-state index in [1.807, 2.05) is 6.92 Å². The smallest absolute Gasteiger partial charge is 0.312 e. The fraction of sp³-hybridized carbons (Fsp3) is 0.538. The van der Waals surface area contributed by atoms with Crippen LogP contribution in [0.1, 0.15) is 18.1 Å². The lowest BCUT2D eigenvalue weighted by atomic mass is 10.1. The molecule has 2 rings (SSSR count). The van der Waals surface area contributed by atoms with Gasteiger partial charge in [-0.2, -0.15) is 13.2 Å². The predicted octanol–water partition coefficient (Wildman–Crippen LogP) is 3.06. The van der Waals surface area contributed by atoms with Crippen molar-refractivity contribution in [3.63, 3.8) is 0 Å². The third-order valence-electron chi connectivity index (χ3n) is 3.20. The summed E-state index contributed by atoms with van der Waals surface area (Å²) in [4.78, 5) is 2.06. The molecule has 1 heterocycles. The van der Waals surface area contributed by atoms with Gasteiger partial charge >= 0.3 is 6.18 Å². The van der Waals surface area contributed by atoms with Crippen LogP contribution in [0.5, 0.6) is 0 Å². The first-order valence-electron chi connectivity index (χ1n) is 6.17. The van der Waals surface area contributed by atoms with Crippen LogP contribution in [0.2, 0.25) is 0 Å². The number of nitrogens with zero attached hydrogens (tertiary/aromatic N) is 1. The first-order chi connectivity index (χ1) is 8.86. The minimum absolute atomic E-state index is 0. The summed E-state index contributed by atoms with van der Waals surface area (Å²) in [6.07, 6.45) is -4.64. The molecule has 0 aromatic heterocycles.